The Morgan fingerprint density at radius 3 is 2.58 bits per heavy atom. The largest absolute Gasteiger partial charge is 0.456 e. The molecule has 8 nitrogen and oxygen atoms in total. The van der Waals surface area contributed by atoms with Gasteiger partial charge in [0.15, 0.2) is 5.75 Å². The predicted molar refractivity (Wildman–Crippen MR) is 143 cm³/mol. The summed E-state index contributed by atoms with van der Waals surface area (Å²) in [4.78, 5) is 26.6. The van der Waals surface area contributed by atoms with Crippen LogP contribution in [0, 0.1) is 19.7 Å². The summed E-state index contributed by atoms with van der Waals surface area (Å²) in [5.74, 6) is -0.350. The first-order valence-electron chi connectivity index (χ1n) is 11.3. The number of aromatic nitrogens is 1. The minimum Gasteiger partial charge on any atom is -0.456 e. The molecule has 0 saturated heterocycles. The summed E-state index contributed by atoms with van der Waals surface area (Å²) in [6.45, 7) is 3.37. The number of hydrogen-bond donors (Lipinski definition) is 4. The molecule has 0 aliphatic heterocycles. The monoisotopic (exact) mass is 531 g/mol. The number of carbonyl (C=O) groups is 1. The minimum absolute atomic E-state index is 0.0526. The first-order chi connectivity index (χ1) is 17.2. The maximum atomic E-state index is 14.7. The summed E-state index contributed by atoms with van der Waals surface area (Å²) in [5.41, 5.74) is 1.42. The molecule has 4 N–H and O–H groups in total. The van der Waals surface area contributed by atoms with Crippen LogP contribution in [0.2, 0.25) is 5.02 Å². The van der Waals surface area contributed by atoms with E-state index in [0.717, 1.165) is 18.4 Å². The lowest BCUT2D eigenvalue weighted by molar-refractivity contribution is 0.0948. The second-order valence-electron chi connectivity index (χ2n) is 8.55. The number of anilines is 3. The molecule has 0 spiro atoms. The van der Waals surface area contributed by atoms with E-state index in [1.165, 1.54) is 29.8 Å². The summed E-state index contributed by atoms with van der Waals surface area (Å²) in [6.07, 6.45) is 1.74. The van der Waals surface area contributed by atoms with Crippen molar-refractivity contribution in [2.75, 3.05) is 17.1 Å². The number of rotatable bonds is 9. The van der Waals surface area contributed by atoms with Crippen molar-refractivity contribution in [2.45, 2.75) is 32.7 Å². The number of hydrogen-bond acceptors (Lipinski definition) is 7. The molecule has 1 aliphatic rings. The van der Waals surface area contributed by atoms with E-state index in [-0.39, 0.29) is 40.0 Å². The van der Waals surface area contributed by atoms with Gasteiger partial charge in [-0.3, -0.25) is 14.2 Å². The Morgan fingerprint density at radius 2 is 1.92 bits per heavy atom. The van der Waals surface area contributed by atoms with Gasteiger partial charge in [0.25, 0.3) is 11.5 Å². The van der Waals surface area contributed by atoms with Crippen LogP contribution in [0.3, 0.4) is 0 Å². The van der Waals surface area contributed by atoms with Gasteiger partial charge in [0.2, 0.25) is 0 Å². The van der Waals surface area contributed by atoms with Gasteiger partial charge in [0.1, 0.15) is 22.9 Å². The van der Waals surface area contributed by atoms with E-state index in [2.05, 4.69) is 20.1 Å². The number of benzene rings is 2. The Balaban J connectivity index is 1.84. The lowest BCUT2D eigenvalue weighted by Crippen LogP contribution is -2.31. The number of nitrogens with zero attached hydrogens (tertiary/aromatic N) is 1. The first kappa shape index (κ1) is 25.9. The quantitative estimate of drug-likeness (QED) is 0.274. The van der Waals surface area contributed by atoms with Gasteiger partial charge in [-0.15, -0.1) is 0 Å². The molecule has 1 fully saturated rings. The highest BCUT2D eigenvalue weighted by atomic mass is 35.5. The molecule has 190 valence electrons. The summed E-state index contributed by atoms with van der Waals surface area (Å²) < 4.78 is 28.1. The third kappa shape index (κ3) is 5.61. The van der Waals surface area contributed by atoms with Crippen LogP contribution in [0.5, 0.6) is 11.5 Å². The number of ether oxygens (including phenoxy) is 1. The van der Waals surface area contributed by atoms with Crippen molar-refractivity contribution in [3.63, 3.8) is 0 Å². The molecular weight excluding hydrogens is 505 g/mol. The molecule has 2 aromatic carbocycles. The number of amides is 1. The summed E-state index contributed by atoms with van der Waals surface area (Å²) in [5, 5.41) is 6.38. The second kappa shape index (κ2) is 10.8. The highest BCUT2D eigenvalue weighted by Gasteiger charge is 2.30. The molecule has 1 heterocycles. The van der Waals surface area contributed by atoms with Crippen molar-refractivity contribution in [3.8, 4) is 11.5 Å². The Labute approximate surface area is 217 Å². The molecule has 11 heteroatoms. The van der Waals surface area contributed by atoms with Crippen molar-refractivity contribution in [1.29, 1.82) is 0 Å². The summed E-state index contributed by atoms with van der Waals surface area (Å²) in [7, 11) is 3.28. The molecule has 0 unspecified atom stereocenters. The smallest absolute Gasteiger partial charge is 0.259 e. The van der Waals surface area contributed by atoms with Crippen LogP contribution < -0.4 is 30.4 Å². The Hall–Kier alpha value is -3.21. The van der Waals surface area contributed by atoms with Crippen LogP contribution in [0.1, 0.15) is 34.3 Å². The number of nitrogens with one attached hydrogen (secondary N) is 4. The van der Waals surface area contributed by atoms with Crippen molar-refractivity contribution < 1.29 is 13.9 Å². The third-order valence-electron chi connectivity index (χ3n) is 5.70. The highest BCUT2D eigenvalue weighted by Crippen LogP contribution is 2.37. The van der Waals surface area contributed by atoms with Gasteiger partial charge in [-0.05, 0) is 63.6 Å². The Morgan fingerprint density at radius 1 is 1.17 bits per heavy atom. The maximum absolute atomic E-state index is 14.7. The van der Waals surface area contributed by atoms with E-state index in [1.54, 1.807) is 51.2 Å². The molecular formula is C25H27ClFN5O3S. The zero-order valence-corrected chi connectivity index (χ0v) is 21.9. The van der Waals surface area contributed by atoms with E-state index >= 15 is 0 Å². The molecule has 0 bridgehead atoms. The molecule has 1 aromatic heterocycles. The fourth-order valence-corrected chi connectivity index (χ4v) is 4.20. The lowest BCUT2D eigenvalue weighted by atomic mass is 10.1. The number of carbonyl (C=O) groups excluding carboxylic acids is 1. The normalized spacial score (nSPS) is 12.8. The van der Waals surface area contributed by atoms with Gasteiger partial charge in [0, 0.05) is 31.3 Å². The fourth-order valence-electron chi connectivity index (χ4n) is 3.60. The first-order valence-corrected chi connectivity index (χ1v) is 12.5. The van der Waals surface area contributed by atoms with Gasteiger partial charge >= 0.3 is 0 Å². The zero-order chi connectivity index (χ0) is 26.0. The molecule has 1 amide bonds. The molecule has 36 heavy (non-hydrogen) atoms. The maximum Gasteiger partial charge on any atom is 0.259 e. The summed E-state index contributed by atoms with van der Waals surface area (Å²) in [6, 6.07) is 9.69. The predicted octanol–water partition coefficient (Wildman–Crippen LogP) is 5.42. The fraction of sp³-hybridized carbons (Fsp3) is 0.280. The van der Waals surface area contributed by atoms with Crippen LogP contribution in [-0.2, 0) is 7.05 Å². The van der Waals surface area contributed by atoms with Gasteiger partial charge < -0.3 is 20.1 Å². The third-order valence-corrected chi connectivity index (χ3v) is 6.56. The molecule has 0 radical (unpaired) electrons. The Bertz CT molecular complexity index is 1380. The molecule has 0 atom stereocenters. The van der Waals surface area contributed by atoms with E-state index in [4.69, 9.17) is 16.3 Å². The Kier molecular flexibility index (Phi) is 7.77. The standard InChI is InChI=1S/C25H27ClFN5O3S/c1-13-5-10-19(18(27)11-13)30-23-21(24(33)29-15-6-7-15)22(14(2)25(34)32(23)4)35-16-8-9-17(26)20(12-16)31-36-28-3/h5,8-12,15,28,30-31H,6-7H2,1-4H3,(H,29,33). The lowest BCUT2D eigenvalue weighted by Gasteiger charge is -2.21. The van der Waals surface area contributed by atoms with E-state index in [1.807, 2.05) is 0 Å². The van der Waals surface area contributed by atoms with Crippen LogP contribution in [0.15, 0.2) is 41.2 Å². The minimum atomic E-state index is -0.505. The summed E-state index contributed by atoms with van der Waals surface area (Å²) >= 11 is 7.50. The van der Waals surface area contributed by atoms with E-state index in [0.29, 0.717) is 16.5 Å². The van der Waals surface area contributed by atoms with Crippen molar-refractivity contribution in [2.24, 2.45) is 7.05 Å². The average Bonchev–Trinajstić information content (AvgIpc) is 3.66. The molecule has 1 saturated carbocycles. The van der Waals surface area contributed by atoms with Crippen molar-refractivity contribution in [3.05, 3.63) is 74.3 Å². The van der Waals surface area contributed by atoms with Crippen molar-refractivity contribution >= 4 is 46.8 Å². The van der Waals surface area contributed by atoms with Crippen molar-refractivity contribution in [1.82, 2.24) is 14.6 Å². The van der Waals surface area contributed by atoms with Crippen LogP contribution in [0.25, 0.3) is 0 Å². The second-order valence-corrected chi connectivity index (χ2v) is 9.77. The zero-order valence-electron chi connectivity index (χ0n) is 20.3. The number of halogens is 2. The SMILES string of the molecule is CNSNc1cc(Oc2c(C(=O)NC3CC3)c(Nc3ccc(C)cc3F)n(C)c(=O)c2C)ccc1Cl. The molecule has 3 aromatic rings. The van der Waals surface area contributed by atoms with E-state index < -0.39 is 11.7 Å². The average molecular weight is 532 g/mol. The van der Waals surface area contributed by atoms with Gasteiger partial charge in [-0.25, -0.2) is 9.11 Å². The van der Waals surface area contributed by atoms with Crippen LogP contribution in [0.4, 0.5) is 21.6 Å². The van der Waals surface area contributed by atoms with Gasteiger partial charge in [-0.2, -0.15) is 0 Å². The molecule has 1 aliphatic carbocycles. The van der Waals surface area contributed by atoms with E-state index in [9.17, 15) is 14.0 Å². The van der Waals surface area contributed by atoms with Gasteiger partial charge in [0.05, 0.1) is 22.0 Å². The van der Waals surface area contributed by atoms with Gasteiger partial charge in [-0.1, -0.05) is 17.7 Å². The highest BCUT2D eigenvalue weighted by molar-refractivity contribution is 7.98. The molecule has 4 rings (SSSR count). The van der Waals surface area contributed by atoms with Crippen LogP contribution >= 0.6 is 23.7 Å². The van der Waals surface area contributed by atoms with Crippen LogP contribution in [-0.4, -0.2) is 23.6 Å². The topological polar surface area (TPSA) is 96.4 Å². The number of aryl methyl sites for hydroxylation is 1. The number of pyridine rings is 1.